The van der Waals surface area contributed by atoms with Crippen LogP contribution in [0.2, 0.25) is 5.02 Å². The molecule has 2 fully saturated rings. The van der Waals surface area contributed by atoms with E-state index in [-0.39, 0.29) is 11.6 Å². The summed E-state index contributed by atoms with van der Waals surface area (Å²) in [6, 6.07) is 4.87. The fourth-order valence-corrected chi connectivity index (χ4v) is 5.79. The number of nitrogens with one attached hydrogen (secondary N) is 1. The van der Waals surface area contributed by atoms with Crippen molar-refractivity contribution in [2.45, 2.75) is 50.7 Å². The van der Waals surface area contributed by atoms with Crippen molar-refractivity contribution in [1.29, 1.82) is 0 Å². The highest BCUT2D eigenvalue weighted by atomic mass is 35.5. The number of anilines is 1. The number of fused-ring (bicyclic) bond motifs is 4. The molecule has 2 aliphatic rings. The summed E-state index contributed by atoms with van der Waals surface area (Å²) in [6.45, 7) is 1.80. The molecule has 9 heteroatoms. The molecule has 2 atom stereocenters. The van der Waals surface area contributed by atoms with E-state index in [9.17, 15) is 4.79 Å². The van der Waals surface area contributed by atoms with Crippen LogP contribution in [0, 0.1) is 6.92 Å². The van der Waals surface area contributed by atoms with E-state index in [2.05, 4.69) is 14.9 Å². The van der Waals surface area contributed by atoms with Gasteiger partial charge >= 0.3 is 0 Å². The van der Waals surface area contributed by atoms with E-state index in [1.165, 1.54) is 4.57 Å². The summed E-state index contributed by atoms with van der Waals surface area (Å²) in [4.78, 5) is 32.7. The number of H-pyrrole nitrogens is 1. The zero-order valence-corrected chi connectivity index (χ0v) is 18.7. The van der Waals surface area contributed by atoms with E-state index in [0.717, 1.165) is 48.1 Å². The third kappa shape index (κ3) is 2.79. The van der Waals surface area contributed by atoms with Crippen LogP contribution in [-0.2, 0) is 7.05 Å². The maximum atomic E-state index is 12.9. The van der Waals surface area contributed by atoms with Crippen LogP contribution in [0.3, 0.4) is 0 Å². The molecule has 2 aliphatic heterocycles. The van der Waals surface area contributed by atoms with Gasteiger partial charge in [0.05, 0.1) is 22.1 Å². The third-order valence-electron chi connectivity index (χ3n) is 7.10. The van der Waals surface area contributed by atoms with Crippen molar-refractivity contribution in [1.82, 2.24) is 24.5 Å². The lowest BCUT2D eigenvalue weighted by atomic mass is 9.98. The number of aromatic amines is 1. The van der Waals surface area contributed by atoms with E-state index in [4.69, 9.17) is 27.3 Å². The summed E-state index contributed by atoms with van der Waals surface area (Å²) in [6.07, 6.45) is 8.02. The van der Waals surface area contributed by atoms with E-state index in [1.54, 1.807) is 14.0 Å². The van der Waals surface area contributed by atoms with Crippen molar-refractivity contribution in [3.05, 3.63) is 45.7 Å². The molecular weight excluding hydrogens is 426 g/mol. The number of benzene rings is 1. The second-order valence-corrected chi connectivity index (χ2v) is 9.37. The Kier molecular flexibility index (Phi) is 4.32. The summed E-state index contributed by atoms with van der Waals surface area (Å²) >= 11 is 6.74. The predicted octanol–water partition coefficient (Wildman–Crippen LogP) is 3.29. The summed E-state index contributed by atoms with van der Waals surface area (Å²) in [5.41, 5.74) is 9.64. The van der Waals surface area contributed by atoms with Crippen LogP contribution in [0.4, 0.5) is 5.82 Å². The van der Waals surface area contributed by atoms with Gasteiger partial charge in [0.2, 0.25) is 0 Å². The number of aromatic nitrogens is 5. The molecule has 2 saturated heterocycles. The number of rotatable bonds is 2. The number of halogens is 1. The molecule has 3 aromatic heterocycles. The molecular formula is C23H24ClN7O. The molecule has 0 amide bonds. The molecule has 0 radical (unpaired) electrons. The van der Waals surface area contributed by atoms with Crippen LogP contribution >= 0.6 is 11.6 Å². The van der Waals surface area contributed by atoms with Crippen molar-refractivity contribution in [3.63, 3.8) is 0 Å². The number of piperidine rings is 1. The van der Waals surface area contributed by atoms with Gasteiger partial charge in [-0.2, -0.15) is 0 Å². The zero-order valence-electron chi connectivity index (χ0n) is 18.0. The Morgan fingerprint density at radius 2 is 1.91 bits per heavy atom. The molecule has 0 unspecified atom stereocenters. The van der Waals surface area contributed by atoms with Crippen molar-refractivity contribution in [3.8, 4) is 11.1 Å². The first-order valence-corrected chi connectivity index (χ1v) is 11.3. The molecule has 32 heavy (non-hydrogen) atoms. The van der Waals surface area contributed by atoms with Crippen LogP contribution in [0.5, 0.6) is 0 Å². The standard InChI is InChI=1S/C23H24ClN7O/c1-11-28-17-6-5-15(20(24)19(17)23(32)30(11)2)16-9-27-22-21(16)26-10-18(29-22)31-13-3-4-14(31)8-12(25)7-13/h5-6,9-10,12-14H,3-4,7-8,25H2,1-2H3,(H,27,29)/t13-,14-/m0/s1. The second-order valence-electron chi connectivity index (χ2n) is 9.00. The Hall–Kier alpha value is -2.97. The average molecular weight is 450 g/mol. The molecule has 5 heterocycles. The smallest absolute Gasteiger partial charge is 0.262 e. The Labute approximate surface area is 189 Å². The van der Waals surface area contributed by atoms with Gasteiger partial charge in [-0.05, 0) is 38.7 Å². The molecule has 2 bridgehead atoms. The van der Waals surface area contributed by atoms with Gasteiger partial charge in [-0.15, -0.1) is 0 Å². The fourth-order valence-electron chi connectivity index (χ4n) is 5.44. The van der Waals surface area contributed by atoms with Gasteiger partial charge in [-0.25, -0.2) is 15.0 Å². The fraction of sp³-hybridized carbons (Fsp3) is 0.391. The largest absolute Gasteiger partial charge is 0.349 e. The minimum atomic E-state index is -0.161. The number of nitrogens with zero attached hydrogens (tertiary/aromatic N) is 5. The van der Waals surface area contributed by atoms with Crippen LogP contribution in [0.25, 0.3) is 33.2 Å². The Morgan fingerprint density at radius 1 is 1.16 bits per heavy atom. The highest BCUT2D eigenvalue weighted by Gasteiger charge is 2.40. The predicted molar refractivity (Wildman–Crippen MR) is 126 cm³/mol. The van der Waals surface area contributed by atoms with Gasteiger partial charge in [-0.3, -0.25) is 9.36 Å². The number of aryl methyl sites for hydroxylation is 1. The number of hydrogen-bond acceptors (Lipinski definition) is 6. The minimum Gasteiger partial charge on any atom is -0.349 e. The molecule has 164 valence electrons. The number of hydrogen-bond donors (Lipinski definition) is 2. The maximum absolute atomic E-state index is 12.9. The van der Waals surface area contributed by atoms with Crippen molar-refractivity contribution < 1.29 is 0 Å². The average Bonchev–Trinajstić information content (AvgIpc) is 3.30. The highest BCUT2D eigenvalue weighted by Crippen LogP contribution is 2.39. The molecule has 8 nitrogen and oxygen atoms in total. The molecule has 0 spiro atoms. The van der Waals surface area contributed by atoms with Gasteiger partial charge in [0.1, 0.15) is 17.2 Å². The summed E-state index contributed by atoms with van der Waals surface area (Å²) in [5.74, 6) is 1.54. The first-order valence-electron chi connectivity index (χ1n) is 11.0. The summed E-state index contributed by atoms with van der Waals surface area (Å²) in [5, 5.41) is 0.794. The van der Waals surface area contributed by atoms with E-state index >= 15 is 0 Å². The Morgan fingerprint density at radius 3 is 2.66 bits per heavy atom. The lowest BCUT2D eigenvalue weighted by Gasteiger charge is -2.38. The highest BCUT2D eigenvalue weighted by molar-refractivity contribution is 6.38. The molecule has 4 aromatic rings. The molecule has 3 N–H and O–H groups in total. The summed E-state index contributed by atoms with van der Waals surface area (Å²) in [7, 11) is 1.70. The summed E-state index contributed by atoms with van der Waals surface area (Å²) < 4.78 is 1.51. The first-order chi connectivity index (χ1) is 15.4. The third-order valence-corrected chi connectivity index (χ3v) is 7.49. The SMILES string of the molecule is Cc1nc2ccc(-c3c[nH]c4nc(N5[C@H]6CC[C@H]5CC(N)C6)cnc34)c(Cl)c2c(=O)n1C. The Bertz CT molecular complexity index is 1430. The minimum absolute atomic E-state index is 0.161. The second kappa shape index (κ2) is 7.02. The van der Waals surface area contributed by atoms with Gasteiger partial charge in [0, 0.05) is 42.5 Å². The Balaban J connectivity index is 1.45. The van der Waals surface area contributed by atoms with Crippen molar-refractivity contribution >= 4 is 39.5 Å². The quantitative estimate of drug-likeness (QED) is 0.486. The number of nitrogens with two attached hydrogens (primary N) is 1. The van der Waals surface area contributed by atoms with Gasteiger partial charge in [-0.1, -0.05) is 17.7 Å². The van der Waals surface area contributed by atoms with E-state index in [1.807, 2.05) is 24.5 Å². The van der Waals surface area contributed by atoms with Crippen LogP contribution in [-0.4, -0.2) is 42.6 Å². The molecule has 1 aromatic carbocycles. The van der Waals surface area contributed by atoms with Crippen molar-refractivity contribution in [2.75, 3.05) is 4.90 Å². The normalized spacial score (nSPS) is 22.9. The lowest BCUT2D eigenvalue weighted by Crippen LogP contribution is -2.47. The monoisotopic (exact) mass is 449 g/mol. The van der Waals surface area contributed by atoms with Gasteiger partial charge < -0.3 is 15.6 Å². The molecule has 6 rings (SSSR count). The topological polar surface area (TPSA) is 106 Å². The molecule has 0 saturated carbocycles. The molecule has 0 aliphatic carbocycles. The van der Waals surface area contributed by atoms with Crippen LogP contribution < -0.4 is 16.2 Å². The van der Waals surface area contributed by atoms with E-state index < -0.39 is 0 Å². The van der Waals surface area contributed by atoms with E-state index in [0.29, 0.717) is 39.5 Å². The van der Waals surface area contributed by atoms with Gasteiger partial charge in [0.25, 0.3) is 5.56 Å². The zero-order chi connectivity index (χ0) is 22.1. The maximum Gasteiger partial charge on any atom is 0.262 e. The van der Waals surface area contributed by atoms with Crippen LogP contribution in [0.1, 0.15) is 31.5 Å². The lowest BCUT2D eigenvalue weighted by molar-refractivity contribution is 0.412. The van der Waals surface area contributed by atoms with Crippen molar-refractivity contribution in [2.24, 2.45) is 12.8 Å². The van der Waals surface area contributed by atoms with Gasteiger partial charge in [0.15, 0.2) is 5.65 Å². The first kappa shape index (κ1) is 19.7. The van der Waals surface area contributed by atoms with Crippen LogP contribution in [0.15, 0.2) is 29.3 Å².